The lowest BCUT2D eigenvalue weighted by molar-refractivity contribution is 0.0950. The molecule has 18 heavy (non-hydrogen) atoms. The maximum absolute atomic E-state index is 11.9. The first-order valence-electron chi connectivity index (χ1n) is 5.32. The molecule has 0 unspecified atom stereocenters. The van der Waals surface area contributed by atoms with Crippen LogP contribution in [0.15, 0.2) is 30.9 Å². The van der Waals surface area contributed by atoms with E-state index in [0.717, 1.165) is 11.4 Å². The summed E-state index contributed by atoms with van der Waals surface area (Å²) in [6, 6.07) is 3.39. The third kappa shape index (κ3) is 3.01. The van der Waals surface area contributed by atoms with Crippen molar-refractivity contribution < 1.29 is 4.79 Å². The molecule has 0 fully saturated rings. The van der Waals surface area contributed by atoms with Crippen LogP contribution in [0.25, 0.3) is 0 Å². The highest BCUT2D eigenvalue weighted by molar-refractivity contribution is 6.33. The maximum Gasteiger partial charge on any atom is 0.254 e. The van der Waals surface area contributed by atoms with E-state index in [2.05, 4.69) is 20.3 Å². The molecule has 0 spiro atoms. The van der Waals surface area contributed by atoms with E-state index in [1.165, 1.54) is 12.5 Å². The van der Waals surface area contributed by atoms with Gasteiger partial charge in [-0.2, -0.15) is 0 Å². The Kier molecular flexibility index (Phi) is 3.84. The van der Waals surface area contributed by atoms with Gasteiger partial charge >= 0.3 is 0 Å². The Morgan fingerprint density at radius 3 is 2.94 bits per heavy atom. The number of aromatic nitrogens is 3. The van der Waals surface area contributed by atoms with Crippen LogP contribution in [0.3, 0.4) is 0 Å². The molecule has 6 heteroatoms. The highest BCUT2D eigenvalue weighted by Gasteiger charge is 2.10. The SMILES string of the molecule is Cc1cc(Cl)c(C(=O)NCc2ccncn2)cn1. The largest absolute Gasteiger partial charge is 0.346 e. The average molecular weight is 263 g/mol. The summed E-state index contributed by atoms with van der Waals surface area (Å²) < 4.78 is 0. The summed E-state index contributed by atoms with van der Waals surface area (Å²) in [5.41, 5.74) is 1.86. The molecule has 92 valence electrons. The molecule has 2 rings (SSSR count). The molecular formula is C12H11ClN4O. The monoisotopic (exact) mass is 262 g/mol. The fraction of sp³-hybridized carbons (Fsp3) is 0.167. The number of carbonyl (C=O) groups excluding carboxylic acids is 1. The summed E-state index contributed by atoms with van der Waals surface area (Å²) in [5, 5.41) is 3.11. The number of nitrogens with zero attached hydrogens (tertiary/aromatic N) is 3. The number of nitrogens with one attached hydrogen (secondary N) is 1. The van der Waals surface area contributed by atoms with Gasteiger partial charge in [0.05, 0.1) is 22.8 Å². The van der Waals surface area contributed by atoms with Crippen molar-refractivity contribution in [2.75, 3.05) is 0 Å². The van der Waals surface area contributed by atoms with Crippen LogP contribution in [0.5, 0.6) is 0 Å². The zero-order valence-electron chi connectivity index (χ0n) is 9.72. The molecule has 2 aromatic heterocycles. The van der Waals surface area contributed by atoms with Crippen LogP contribution >= 0.6 is 11.6 Å². The highest BCUT2D eigenvalue weighted by Crippen LogP contribution is 2.15. The summed E-state index contributed by atoms with van der Waals surface area (Å²) in [4.78, 5) is 23.7. The Balaban J connectivity index is 2.04. The van der Waals surface area contributed by atoms with E-state index in [1.54, 1.807) is 18.3 Å². The van der Waals surface area contributed by atoms with E-state index < -0.39 is 0 Å². The van der Waals surface area contributed by atoms with E-state index in [1.807, 2.05) is 6.92 Å². The van der Waals surface area contributed by atoms with Crippen molar-refractivity contribution in [3.05, 3.63) is 52.8 Å². The number of pyridine rings is 1. The van der Waals surface area contributed by atoms with Gasteiger partial charge in [-0.3, -0.25) is 9.78 Å². The molecule has 0 aliphatic rings. The van der Waals surface area contributed by atoms with E-state index in [-0.39, 0.29) is 5.91 Å². The van der Waals surface area contributed by atoms with Crippen molar-refractivity contribution in [1.82, 2.24) is 20.3 Å². The smallest absolute Gasteiger partial charge is 0.254 e. The van der Waals surface area contributed by atoms with Crippen LogP contribution in [0.1, 0.15) is 21.7 Å². The lowest BCUT2D eigenvalue weighted by Crippen LogP contribution is -2.23. The van der Waals surface area contributed by atoms with Crippen LogP contribution in [0.2, 0.25) is 5.02 Å². The molecule has 0 atom stereocenters. The molecule has 1 amide bonds. The molecule has 0 radical (unpaired) electrons. The second-order valence-corrected chi connectivity index (χ2v) is 4.10. The second kappa shape index (κ2) is 5.55. The number of carbonyl (C=O) groups is 1. The highest BCUT2D eigenvalue weighted by atomic mass is 35.5. The number of amides is 1. The molecule has 0 aromatic carbocycles. The molecular weight excluding hydrogens is 252 g/mol. The van der Waals surface area contributed by atoms with Gasteiger partial charge in [-0.15, -0.1) is 0 Å². The minimum Gasteiger partial charge on any atom is -0.346 e. The number of halogens is 1. The van der Waals surface area contributed by atoms with Crippen LogP contribution in [0, 0.1) is 6.92 Å². The zero-order chi connectivity index (χ0) is 13.0. The van der Waals surface area contributed by atoms with Gasteiger partial charge in [-0.1, -0.05) is 11.6 Å². The molecule has 0 bridgehead atoms. The first-order valence-corrected chi connectivity index (χ1v) is 5.70. The third-order valence-electron chi connectivity index (χ3n) is 2.31. The molecule has 5 nitrogen and oxygen atoms in total. The lowest BCUT2D eigenvalue weighted by Gasteiger charge is -2.06. The quantitative estimate of drug-likeness (QED) is 0.915. The first-order chi connectivity index (χ1) is 8.66. The summed E-state index contributed by atoms with van der Waals surface area (Å²) in [6.07, 6.45) is 4.52. The Morgan fingerprint density at radius 1 is 1.44 bits per heavy atom. The fourth-order valence-corrected chi connectivity index (χ4v) is 1.67. The average Bonchev–Trinajstić information content (AvgIpc) is 2.37. The minimum atomic E-state index is -0.272. The van der Waals surface area contributed by atoms with Gasteiger partial charge < -0.3 is 5.32 Å². The third-order valence-corrected chi connectivity index (χ3v) is 2.62. The Labute approximate surface area is 109 Å². The lowest BCUT2D eigenvalue weighted by atomic mass is 10.2. The van der Waals surface area contributed by atoms with Crippen LogP contribution < -0.4 is 5.32 Å². The van der Waals surface area contributed by atoms with Crippen molar-refractivity contribution in [2.45, 2.75) is 13.5 Å². The van der Waals surface area contributed by atoms with E-state index in [4.69, 9.17) is 11.6 Å². The molecule has 2 heterocycles. The molecule has 0 aliphatic carbocycles. The predicted octanol–water partition coefficient (Wildman–Crippen LogP) is 1.76. The topological polar surface area (TPSA) is 67.8 Å². The van der Waals surface area contributed by atoms with Gasteiger partial charge in [0.15, 0.2) is 0 Å². The number of rotatable bonds is 3. The zero-order valence-corrected chi connectivity index (χ0v) is 10.5. The molecule has 0 saturated carbocycles. The Bertz CT molecular complexity index is 559. The number of aryl methyl sites for hydroxylation is 1. The standard InChI is InChI=1S/C12H11ClN4O/c1-8-4-11(13)10(6-15-8)12(18)16-5-9-2-3-14-7-17-9/h2-4,6-7H,5H2,1H3,(H,16,18). The van der Waals surface area contributed by atoms with Gasteiger partial charge in [-0.25, -0.2) is 9.97 Å². The van der Waals surface area contributed by atoms with Crippen molar-refractivity contribution >= 4 is 17.5 Å². The maximum atomic E-state index is 11.9. The molecule has 0 aliphatic heterocycles. The van der Waals surface area contributed by atoms with Crippen molar-refractivity contribution in [3.63, 3.8) is 0 Å². The normalized spacial score (nSPS) is 10.1. The van der Waals surface area contributed by atoms with Crippen molar-refractivity contribution in [1.29, 1.82) is 0 Å². The van der Waals surface area contributed by atoms with Crippen molar-refractivity contribution in [2.24, 2.45) is 0 Å². The molecule has 2 aromatic rings. The summed E-state index contributed by atoms with van der Waals surface area (Å²) in [6.45, 7) is 2.14. The van der Waals surface area contributed by atoms with Crippen molar-refractivity contribution in [3.8, 4) is 0 Å². The number of hydrogen-bond donors (Lipinski definition) is 1. The van der Waals surface area contributed by atoms with Gasteiger partial charge in [-0.05, 0) is 19.1 Å². The molecule has 1 N–H and O–H groups in total. The Morgan fingerprint density at radius 2 is 2.28 bits per heavy atom. The van der Waals surface area contributed by atoms with Gasteiger partial charge in [0.25, 0.3) is 5.91 Å². The number of hydrogen-bond acceptors (Lipinski definition) is 4. The van der Waals surface area contributed by atoms with Gasteiger partial charge in [0.2, 0.25) is 0 Å². The first kappa shape index (κ1) is 12.4. The summed E-state index contributed by atoms with van der Waals surface area (Å²) in [7, 11) is 0. The van der Waals surface area contributed by atoms with Crippen LogP contribution in [-0.4, -0.2) is 20.9 Å². The van der Waals surface area contributed by atoms with Crippen LogP contribution in [-0.2, 0) is 6.54 Å². The summed E-state index contributed by atoms with van der Waals surface area (Å²) in [5.74, 6) is -0.272. The minimum absolute atomic E-state index is 0.272. The van der Waals surface area contributed by atoms with E-state index in [9.17, 15) is 4.79 Å². The fourth-order valence-electron chi connectivity index (χ4n) is 1.38. The van der Waals surface area contributed by atoms with Crippen LogP contribution in [0.4, 0.5) is 0 Å². The predicted molar refractivity (Wildman–Crippen MR) is 67.2 cm³/mol. The second-order valence-electron chi connectivity index (χ2n) is 3.69. The van der Waals surface area contributed by atoms with E-state index in [0.29, 0.717) is 17.1 Å². The molecule has 0 saturated heterocycles. The Hall–Kier alpha value is -2.01. The van der Waals surface area contributed by atoms with Gasteiger partial charge in [0.1, 0.15) is 6.33 Å². The van der Waals surface area contributed by atoms with Gasteiger partial charge in [0, 0.05) is 18.1 Å². The van der Waals surface area contributed by atoms with E-state index >= 15 is 0 Å². The summed E-state index contributed by atoms with van der Waals surface area (Å²) >= 11 is 5.98.